The van der Waals surface area contributed by atoms with E-state index in [1.807, 2.05) is 0 Å². The highest BCUT2D eigenvalue weighted by atomic mass is 35.5. The molecular weight excluding hydrogens is 192 g/mol. The van der Waals surface area contributed by atoms with Crippen LogP contribution >= 0.6 is 11.6 Å². The monoisotopic (exact) mass is 197 g/mol. The van der Waals surface area contributed by atoms with Crippen molar-refractivity contribution in [3.8, 4) is 0 Å². The number of hydrogen-bond acceptors (Lipinski definition) is 4. The summed E-state index contributed by atoms with van der Waals surface area (Å²) < 4.78 is 1.39. The molecule has 0 radical (unpaired) electrons. The van der Waals surface area contributed by atoms with Crippen LogP contribution in [0, 0.1) is 0 Å². The molecule has 5 nitrogen and oxygen atoms in total. The first kappa shape index (κ1) is 8.49. The Kier molecular flexibility index (Phi) is 1.95. The van der Waals surface area contributed by atoms with Crippen LogP contribution in [0.2, 0.25) is 5.02 Å². The van der Waals surface area contributed by atoms with Crippen molar-refractivity contribution in [1.82, 2.24) is 14.6 Å². The van der Waals surface area contributed by atoms with Crippen LogP contribution in [0.1, 0.15) is 0 Å². The Bertz CT molecular complexity index is 444. The Balaban J connectivity index is 2.69. The molecule has 0 aliphatic carbocycles. The Morgan fingerprint density at radius 3 is 2.85 bits per heavy atom. The molecule has 0 aliphatic rings. The SMILES string of the molecule is OB(O)c1cnn2cc(Cl)cnc12. The summed E-state index contributed by atoms with van der Waals surface area (Å²) in [6, 6.07) is 0. The van der Waals surface area contributed by atoms with Gasteiger partial charge in [-0.2, -0.15) is 5.10 Å². The molecule has 0 spiro atoms. The molecule has 0 unspecified atom stereocenters. The van der Waals surface area contributed by atoms with Crippen molar-refractivity contribution < 1.29 is 10.0 Å². The van der Waals surface area contributed by atoms with Gasteiger partial charge in [0.1, 0.15) is 0 Å². The molecule has 0 aromatic carbocycles. The molecule has 2 aromatic heterocycles. The Morgan fingerprint density at radius 2 is 2.15 bits per heavy atom. The first-order chi connectivity index (χ1) is 6.18. The summed E-state index contributed by atoms with van der Waals surface area (Å²) in [5.41, 5.74) is 0.649. The Morgan fingerprint density at radius 1 is 1.38 bits per heavy atom. The third-order valence-electron chi connectivity index (χ3n) is 1.63. The average Bonchev–Trinajstić information content (AvgIpc) is 2.46. The first-order valence-electron chi connectivity index (χ1n) is 3.53. The molecule has 0 atom stereocenters. The average molecular weight is 197 g/mol. The van der Waals surface area contributed by atoms with Crippen molar-refractivity contribution in [2.75, 3.05) is 0 Å². The van der Waals surface area contributed by atoms with E-state index in [4.69, 9.17) is 21.6 Å². The maximum atomic E-state index is 8.91. The highest BCUT2D eigenvalue weighted by molar-refractivity contribution is 6.60. The molecule has 66 valence electrons. The molecule has 0 amide bonds. The van der Waals surface area contributed by atoms with E-state index in [9.17, 15) is 0 Å². The van der Waals surface area contributed by atoms with Gasteiger partial charge in [-0.05, 0) is 0 Å². The number of nitrogens with zero attached hydrogens (tertiary/aromatic N) is 3. The van der Waals surface area contributed by atoms with Crippen molar-refractivity contribution in [3.63, 3.8) is 0 Å². The minimum atomic E-state index is -1.56. The molecule has 0 saturated heterocycles. The lowest BCUT2D eigenvalue weighted by molar-refractivity contribution is 0.426. The normalized spacial score (nSPS) is 10.7. The van der Waals surface area contributed by atoms with Crippen molar-refractivity contribution >= 4 is 29.8 Å². The summed E-state index contributed by atoms with van der Waals surface area (Å²) >= 11 is 5.66. The molecule has 0 bridgehead atoms. The molecule has 2 heterocycles. The summed E-state index contributed by atoms with van der Waals surface area (Å²) in [4.78, 5) is 3.91. The van der Waals surface area contributed by atoms with Crippen LogP contribution in [0.3, 0.4) is 0 Å². The summed E-state index contributed by atoms with van der Waals surface area (Å²) in [6.45, 7) is 0. The second kappa shape index (κ2) is 2.99. The molecule has 0 aliphatic heterocycles. The zero-order valence-electron chi connectivity index (χ0n) is 6.42. The van der Waals surface area contributed by atoms with E-state index in [1.54, 1.807) is 0 Å². The molecule has 13 heavy (non-hydrogen) atoms. The van der Waals surface area contributed by atoms with Crippen LogP contribution in [-0.4, -0.2) is 31.8 Å². The molecule has 2 N–H and O–H groups in total. The van der Waals surface area contributed by atoms with Gasteiger partial charge in [0, 0.05) is 11.7 Å². The van der Waals surface area contributed by atoms with E-state index in [-0.39, 0.29) is 5.46 Å². The predicted octanol–water partition coefficient (Wildman–Crippen LogP) is -0.938. The standard InChI is InChI=1S/C6H5BClN3O2/c8-4-1-9-6-5(7(12)13)2-10-11(6)3-4/h1-3,12-13H. The van der Waals surface area contributed by atoms with Gasteiger partial charge in [-0.15, -0.1) is 0 Å². The lowest BCUT2D eigenvalue weighted by atomic mass is 9.82. The third kappa shape index (κ3) is 1.39. The topological polar surface area (TPSA) is 70.7 Å². The summed E-state index contributed by atoms with van der Waals surface area (Å²) in [5.74, 6) is 0. The Hall–Kier alpha value is -1.11. The van der Waals surface area contributed by atoms with Crippen LogP contribution in [0.15, 0.2) is 18.6 Å². The zero-order valence-corrected chi connectivity index (χ0v) is 7.18. The maximum Gasteiger partial charge on any atom is 0.493 e. The van der Waals surface area contributed by atoms with Crippen molar-refractivity contribution in [1.29, 1.82) is 0 Å². The fraction of sp³-hybridized carbons (Fsp3) is 0. The van der Waals surface area contributed by atoms with Gasteiger partial charge < -0.3 is 10.0 Å². The van der Waals surface area contributed by atoms with Crippen molar-refractivity contribution in [3.05, 3.63) is 23.6 Å². The molecule has 2 aromatic rings. The van der Waals surface area contributed by atoms with Crippen LogP contribution < -0.4 is 5.46 Å². The highest BCUT2D eigenvalue weighted by Gasteiger charge is 2.17. The largest absolute Gasteiger partial charge is 0.493 e. The van der Waals surface area contributed by atoms with Gasteiger partial charge in [0.2, 0.25) is 0 Å². The fourth-order valence-corrected chi connectivity index (χ4v) is 1.19. The molecule has 2 rings (SSSR count). The van der Waals surface area contributed by atoms with E-state index in [2.05, 4.69) is 10.1 Å². The van der Waals surface area contributed by atoms with Crippen LogP contribution in [0.25, 0.3) is 5.65 Å². The van der Waals surface area contributed by atoms with Gasteiger partial charge in [-0.3, -0.25) is 0 Å². The van der Waals surface area contributed by atoms with E-state index < -0.39 is 7.12 Å². The van der Waals surface area contributed by atoms with Crippen molar-refractivity contribution in [2.24, 2.45) is 0 Å². The number of aromatic nitrogens is 3. The molecule has 0 saturated carbocycles. The van der Waals surface area contributed by atoms with Gasteiger partial charge in [0.15, 0.2) is 5.65 Å². The Labute approximate surface area is 78.7 Å². The minimum Gasteiger partial charge on any atom is -0.423 e. The zero-order chi connectivity index (χ0) is 9.42. The van der Waals surface area contributed by atoms with E-state index in [0.717, 1.165) is 0 Å². The lowest BCUT2D eigenvalue weighted by Crippen LogP contribution is -2.29. The van der Waals surface area contributed by atoms with Gasteiger partial charge in [-0.1, -0.05) is 11.6 Å². The maximum absolute atomic E-state index is 8.91. The van der Waals surface area contributed by atoms with Gasteiger partial charge in [0.05, 0.1) is 17.4 Å². The summed E-state index contributed by atoms with van der Waals surface area (Å²) in [5, 5.41) is 22.1. The van der Waals surface area contributed by atoms with E-state index >= 15 is 0 Å². The second-order valence-electron chi connectivity index (χ2n) is 2.51. The fourth-order valence-electron chi connectivity index (χ4n) is 1.05. The quantitative estimate of drug-likeness (QED) is 0.579. The minimum absolute atomic E-state index is 0.261. The van der Waals surface area contributed by atoms with Gasteiger partial charge >= 0.3 is 7.12 Å². The number of halogens is 1. The second-order valence-corrected chi connectivity index (χ2v) is 2.95. The van der Waals surface area contributed by atoms with E-state index in [0.29, 0.717) is 10.7 Å². The smallest absolute Gasteiger partial charge is 0.423 e. The van der Waals surface area contributed by atoms with Gasteiger partial charge in [-0.25, -0.2) is 9.50 Å². The summed E-state index contributed by atoms with van der Waals surface area (Å²) in [6.07, 6.45) is 4.30. The number of rotatable bonds is 1. The third-order valence-corrected chi connectivity index (χ3v) is 1.83. The number of hydrogen-bond donors (Lipinski definition) is 2. The highest BCUT2D eigenvalue weighted by Crippen LogP contribution is 2.05. The van der Waals surface area contributed by atoms with Crippen LogP contribution in [0.5, 0.6) is 0 Å². The first-order valence-corrected chi connectivity index (χ1v) is 3.91. The van der Waals surface area contributed by atoms with Crippen molar-refractivity contribution in [2.45, 2.75) is 0 Å². The molecule has 7 heteroatoms. The molecular formula is C6H5BClN3O2. The van der Waals surface area contributed by atoms with E-state index in [1.165, 1.54) is 23.1 Å². The molecule has 0 fully saturated rings. The summed E-state index contributed by atoms with van der Waals surface area (Å²) in [7, 11) is -1.56. The number of fused-ring (bicyclic) bond motifs is 1. The van der Waals surface area contributed by atoms with Crippen LogP contribution in [0.4, 0.5) is 0 Å². The lowest BCUT2D eigenvalue weighted by Gasteiger charge is -1.95. The predicted molar refractivity (Wildman–Crippen MR) is 47.8 cm³/mol. The van der Waals surface area contributed by atoms with Gasteiger partial charge in [0.25, 0.3) is 0 Å². The van der Waals surface area contributed by atoms with Crippen LogP contribution in [-0.2, 0) is 0 Å².